The van der Waals surface area contributed by atoms with Gasteiger partial charge in [-0.15, -0.1) is 0 Å². The molecule has 0 saturated heterocycles. The van der Waals surface area contributed by atoms with Crippen molar-refractivity contribution in [2.45, 2.75) is 104 Å². The summed E-state index contributed by atoms with van der Waals surface area (Å²) in [5, 5.41) is 7.18. The molecule has 0 fully saturated rings. The molecule has 464 valence electrons. The topological polar surface area (TPSA) is 28.9 Å². The van der Waals surface area contributed by atoms with Crippen molar-refractivity contribution in [1.29, 1.82) is 0 Å². The Morgan fingerprint density at radius 1 is 0.495 bits per heavy atom. The van der Waals surface area contributed by atoms with Crippen molar-refractivity contribution in [3.63, 3.8) is 0 Å². The monoisotopic (exact) mass is 1270 g/mol. The molecular weight excluding hydrogens is 1190 g/mol. The number of para-hydroxylation sites is 1. The molecule has 0 aliphatic heterocycles. The average molecular weight is 1270 g/mol. The minimum atomic E-state index is -1.73. The van der Waals surface area contributed by atoms with Crippen LogP contribution < -0.4 is 24.9 Å². The highest BCUT2D eigenvalue weighted by Crippen LogP contribution is 2.66. The van der Waals surface area contributed by atoms with Crippen LogP contribution in [-0.4, -0.2) is 16.1 Å². The van der Waals surface area contributed by atoms with E-state index >= 15 is 4.39 Å². The normalized spacial score (nSPS) is 14.5. The molecule has 13 aromatic rings. The van der Waals surface area contributed by atoms with Gasteiger partial charge in [0, 0.05) is 39.1 Å². The summed E-state index contributed by atoms with van der Waals surface area (Å²) >= 11 is 0. The molecule has 0 N–H and O–H groups in total. The number of allylic oxidation sites excluding steroid dienone is 1. The maximum absolute atomic E-state index is 15.5. The van der Waals surface area contributed by atoms with Crippen LogP contribution >= 0.6 is 10.5 Å². The number of hydrogen-bond donors (Lipinski definition) is 0. The predicted octanol–water partition coefficient (Wildman–Crippen LogP) is 24.1. The number of anilines is 6. The summed E-state index contributed by atoms with van der Waals surface area (Å²) in [4.78, 5) is 4.86. The molecule has 0 amide bonds. The van der Waals surface area contributed by atoms with Crippen LogP contribution in [0.25, 0.3) is 58.8 Å². The Labute approximate surface area is 553 Å². The first-order valence-corrected chi connectivity index (χ1v) is 41.2. The zero-order valence-electron chi connectivity index (χ0n) is 56.1. The number of rotatable bonds is 13. The minimum Gasteiger partial charge on any atom is -0.457 e. The van der Waals surface area contributed by atoms with E-state index in [1.54, 1.807) is 12.1 Å². The third-order valence-corrected chi connectivity index (χ3v) is 25.5. The number of benzene rings is 11. The second kappa shape index (κ2) is 22.6. The molecule has 11 aromatic carbocycles. The van der Waals surface area contributed by atoms with Gasteiger partial charge in [-0.05, 0) is 182 Å². The summed E-state index contributed by atoms with van der Waals surface area (Å²) < 4.78 is 32.6. The Hall–Kier alpha value is -9.06. The zero-order valence-corrected chi connectivity index (χ0v) is 59.0. The van der Waals surface area contributed by atoms with Crippen molar-refractivity contribution in [2.24, 2.45) is 6.26 Å². The molecule has 2 heterocycles. The molecule has 0 spiro atoms. The van der Waals surface area contributed by atoms with E-state index in [1.807, 2.05) is 12.1 Å². The van der Waals surface area contributed by atoms with E-state index in [4.69, 9.17) is 9.15 Å². The number of hydrogen-bond acceptors (Lipinski definition) is 4. The van der Waals surface area contributed by atoms with Crippen LogP contribution in [0.4, 0.5) is 38.5 Å². The molecule has 1 aliphatic rings. The highest BCUT2D eigenvalue weighted by atomic mass is 32.2. The van der Waals surface area contributed by atoms with Gasteiger partial charge in [-0.3, -0.25) is 0 Å². The van der Waals surface area contributed by atoms with Crippen molar-refractivity contribution in [3.05, 3.63) is 282 Å². The standard InChI is InChI=1S/C85H82FN2O2SSi2/c1-54(2)55-24-36-61(37-25-55)87(63-40-48-67(49-41-63)92(10,11)12)73-52-71-79(81-77(73)69-20-16-18-22-75(69)90-81)80-72(85(71,58-28-26-56(27-29-58)83(3,4)5)59-32-46-66(47-33-59)89-65-44-30-57(31-45-65)84(6,7)8)53-74(78-70-21-17-19-23-76(70)91(9)82(78)80)88(62-38-34-60(86)35-39-62)64-42-50-68(51-43-64)93(13,14)15/h16-53H,1H2,2-15H3/q+1. The molecule has 0 bridgehead atoms. The van der Waals surface area contributed by atoms with Gasteiger partial charge in [-0.2, -0.15) is 0 Å². The SMILES string of the molecule is C=C(C)c1ccc(N(c2ccc([Si](C)(C)C)cc2)c2cc3c(c4oc5ccccc5c24)-c2c(cc(N(c4ccc(F)cc4)c4ccc([Si](C)(C)C)cc4)c4c5ccccc5[s+](C)c24)C3(c2ccc(Oc3ccc(C(C)(C)C)cc3)cc2)c2ccc(C(C)(C)C)cc2)cc1. The van der Waals surface area contributed by atoms with Crippen LogP contribution in [-0.2, 0) is 22.5 Å². The number of nitrogens with zero attached hydrogens (tertiary/aromatic N) is 2. The fourth-order valence-electron chi connectivity index (χ4n) is 14.2. The summed E-state index contributed by atoms with van der Waals surface area (Å²) in [6.45, 7) is 34.5. The smallest absolute Gasteiger partial charge is 0.191 e. The molecule has 8 heteroatoms. The fraction of sp³-hybridized carbons (Fsp3) is 0.200. The molecule has 93 heavy (non-hydrogen) atoms. The van der Waals surface area contributed by atoms with Crippen molar-refractivity contribution in [3.8, 4) is 22.6 Å². The van der Waals surface area contributed by atoms with Crippen molar-refractivity contribution < 1.29 is 13.5 Å². The summed E-state index contributed by atoms with van der Waals surface area (Å²) in [6.07, 6.45) is 2.42. The van der Waals surface area contributed by atoms with Gasteiger partial charge < -0.3 is 19.0 Å². The molecular formula is C85H82FN2O2SSi2+. The lowest BCUT2D eigenvalue weighted by molar-refractivity contribution is 0.481. The summed E-state index contributed by atoms with van der Waals surface area (Å²) in [6, 6.07) is 84.1. The molecule has 2 unspecified atom stereocenters. The van der Waals surface area contributed by atoms with Gasteiger partial charge in [0.05, 0.1) is 49.3 Å². The van der Waals surface area contributed by atoms with Gasteiger partial charge in [0.25, 0.3) is 0 Å². The van der Waals surface area contributed by atoms with Gasteiger partial charge in [0.2, 0.25) is 0 Å². The number of halogens is 1. The van der Waals surface area contributed by atoms with Crippen molar-refractivity contribution in [1.82, 2.24) is 0 Å². The summed E-state index contributed by atoms with van der Waals surface area (Å²) in [7, 11) is -3.91. The second-order valence-electron chi connectivity index (χ2n) is 29.7. The van der Waals surface area contributed by atoms with Crippen LogP contribution in [0.2, 0.25) is 39.3 Å². The summed E-state index contributed by atoms with van der Waals surface area (Å²) in [5.41, 5.74) is 17.7. The van der Waals surface area contributed by atoms with Gasteiger partial charge in [-0.25, -0.2) is 4.39 Å². The van der Waals surface area contributed by atoms with Gasteiger partial charge in [0.1, 0.15) is 34.7 Å². The fourth-order valence-corrected chi connectivity index (χ4v) is 18.6. The number of ether oxygens (including phenoxy) is 1. The van der Waals surface area contributed by atoms with E-state index < -0.39 is 32.0 Å². The quantitative estimate of drug-likeness (QED) is 0.0850. The Morgan fingerprint density at radius 2 is 0.914 bits per heavy atom. The lowest BCUT2D eigenvalue weighted by Crippen LogP contribution is -2.37. The Kier molecular flexibility index (Phi) is 14.9. The third-order valence-electron chi connectivity index (χ3n) is 19.3. The average Bonchev–Trinajstić information content (AvgIpc) is 1.50. The number of thiophene rings is 1. The molecule has 1 aliphatic carbocycles. The lowest BCUT2D eigenvalue weighted by atomic mass is 9.67. The molecule has 0 saturated carbocycles. The first-order chi connectivity index (χ1) is 44.3. The number of aryl methyl sites for hydroxylation is 1. The molecule has 2 atom stereocenters. The lowest BCUT2D eigenvalue weighted by Gasteiger charge is -2.36. The van der Waals surface area contributed by atoms with Crippen LogP contribution in [0.5, 0.6) is 11.5 Å². The Bertz CT molecular complexity index is 5040. The van der Waals surface area contributed by atoms with Gasteiger partial charge in [-0.1, -0.05) is 219 Å². The van der Waals surface area contributed by atoms with E-state index in [1.165, 1.54) is 41.8 Å². The number of furan rings is 1. The summed E-state index contributed by atoms with van der Waals surface area (Å²) in [5.74, 6) is 1.23. The molecule has 0 radical (unpaired) electrons. The van der Waals surface area contributed by atoms with E-state index in [2.05, 4.69) is 317 Å². The third kappa shape index (κ3) is 10.6. The first kappa shape index (κ1) is 61.4. The van der Waals surface area contributed by atoms with E-state index in [0.29, 0.717) is 0 Å². The predicted molar refractivity (Wildman–Crippen MR) is 403 cm³/mol. The van der Waals surface area contributed by atoms with E-state index in [0.717, 1.165) is 112 Å². The zero-order chi connectivity index (χ0) is 65.3. The molecule has 14 rings (SSSR count). The largest absolute Gasteiger partial charge is 0.457 e. The molecule has 4 nitrogen and oxygen atoms in total. The van der Waals surface area contributed by atoms with Crippen LogP contribution in [0.1, 0.15) is 87.4 Å². The maximum Gasteiger partial charge on any atom is 0.191 e. The van der Waals surface area contributed by atoms with E-state index in [-0.39, 0.29) is 16.6 Å². The van der Waals surface area contributed by atoms with E-state index in [9.17, 15) is 0 Å². The first-order valence-electron chi connectivity index (χ1n) is 32.6. The highest BCUT2D eigenvalue weighted by Gasteiger charge is 2.52. The number of fused-ring (bicyclic) bond motifs is 11. The maximum atomic E-state index is 15.5. The van der Waals surface area contributed by atoms with Crippen LogP contribution in [0.3, 0.4) is 0 Å². The van der Waals surface area contributed by atoms with Crippen molar-refractivity contribution in [2.75, 3.05) is 9.80 Å². The van der Waals surface area contributed by atoms with Gasteiger partial charge in [0.15, 0.2) is 9.40 Å². The Morgan fingerprint density at radius 3 is 1.41 bits per heavy atom. The van der Waals surface area contributed by atoms with Crippen LogP contribution in [0.15, 0.2) is 242 Å². The molecule has 2 aromatic heterocycles. The van der Waals surface area contributed by atoms with Gasteiger partial charge >= 0.3 is 0 Å². The second-order valence-corrected chi connectivity index (χ2v) is 41.7. The Balaban J connectivity index is 1.17. The van der Waals surface area contributed by atoms with Crippen LogP contribution in [0, 0.1) is 5.82 Å². The highest BCUT2D eigenvalue weighted by molar-refractivity contribution is 7.42. The van der Waals surface area contributed by atoms with Crippen molar-refractivity contribution >= 4 is 119 Å². The minimum absolute atomic E-state index is 0.00122.